The predicted molar refractivity (Wildman–Crippen MR) is 131 cm³/mol. The third kappa shape index (κ3) is 6.23. The molecule has 4 rings (SSSR count). The van der Waals surface area contributed by atoms with Crippen molar-refractivity contribution in [1.82, 2.24) is 25.1 Å². The molecule has 2 heterocycles. The number of amides is 2. The van der Waals surface area contributed by atoms with Crippen molar-refractivity contribution in [3.05, 3.63) is 72.8 Å². The highest BCUT2D eigenvalue weighted by Gasteiger charge is 2.26. The monoisotopic (exact) mass is 490 g/mol. The number of primary amides is 1. The summed E-state index contributed by atoms with van der Waals surface area (Å²) in [4.78, 5) is 44.3. The first-order chi connectivity index (χ1) is 17.4. The Hall–Kier alpha value is -4.74. The van der Waals surface area contributed by atoms with E-state index < -0.39 is 12.0 Å². The van der Waals surface area contributed by atoms with E-state index in [9.17, 15) is 14.4 Å². The van der Waals surface area contributed by atoms with Crippen LogP contribution in [-0.4, -0.2) is 49.7 Å². The van der Waals surface area contributed by atoms with E-state index in [-0.39, 0.29) is 36.1 Å². The maximum atomic E-state index is 12.3. The summed E-state index contributed by atoms with van der Waals surface area (Å²) in [5, 5.41) is 13.1. The number of nitrogens with zero attached hydrogens (tertiary/aromatic N) is 4. The van der Waals surface area contributed by atoms with E-state index in [4.69, 9.17) is 10.5 Å². The fourth-order valence-corrected chi connectivity index (χ4v) is 3.85. The lowest BCUT2D eigenvalue weighted by atomic mass is 10.2. The van der Waals surface area contributed by atoms with Crippen LogP contribution in [0.5, 0.6) is 0 Å². The Labute approximate surface area is 206 Å². The molecule has 0 saturated heterocycles. The molecule has 36 heavy (non-hydrogen) atoms. The van der Waals surface area contributed by atoms with Crippen molar-refractivity contribution in [2.45, 2.75) is 38.0 Å². The van der Waals surface area contributed by atoms with Gasteiger partial charge in [0, 0.05) is 12.1 Å². The second-order valence-corrected chi connectivity index (χ2v) is 8.22. The molecule has 0 bridgehead atoms. The molecule has 1 unspecified atom stereocenters. The van der Waals surface area contributed by atoms with Gasteiger partial charge in [-0.25, -0.2) is 14.8 Å². The Kier molecular flexibility index (Phi) is 7.54. The maximum absolute atomic E-state index is 12.3. The van der Waals surface area contributed by atoms with Crippen molar-refractivity contribution < 1.29 is 19.1 Å². The predicted octanol–water partition coefficient (Wildman–Crippen LogP) is 2.34. The van der Waals surface area contributed by atoms with Crippen LogP contribution in [0.25, 0.3) is 0 Å². The number of nitrogens with one attached hydrogen (secondary N) is 3. The summed E-state index contributed by atoms with van der Waals surface area (Å²) in [5.41, 5.74) is 6.62. The van der Waals surface area contributed by atoms with E-state index in [0.717, 1.165) is 23.1 Å². The zero-order chi connectivity index (χ0) is 25.5. The van der Waals surface area contributed by atoms with Crippen molar-refractivity contribution in [2.24, 2.45) is 5.73 Å². The van der Waals surface area contributed by atoms with Crippen molar-refractivity contribution in [2.75, 3.05) is 10.6 Å². The number of benzene rings is 1. The fourth-order valence-electron chi connectivity index (χ4n) is 3.85. The number of hydrogen-bond donors (Lipinski definition) is 4. The van der Waals surface area contributed by atoms with E-state index in [1.54, 1.807) is 0 Å². The average Bonchev–Trinajstić information content (AvgIpc) is 3.52. The van der Waals surface area contributed by atoms with Gasteiger partial charge < -0.3 is 26.4 Å². The quantitative estimate of drug-likeness (QED) is 0.329. The molecule has 1 aliphatic rings. The Balaban J connectivity index is 1.41. The molecule has 2 atom stereocenters. The number of rotatable bonds is 9. The normalized spacial score (nSPS) is 16.7. The number of anilines is 3. The van der Waals surface area contributed by atoms with E-state index in [2.05, 4.69) is 37.6 Å². The lowest BCUT2D eigenvalue weighted by Gasteiger charge is -2.16. The zero-order valence-electron chi connectivity index (χ0n) is 19.4. The van der Waals surface area contributed by atoms with Gasteiger partial charge in [0.15, 0.2) is 11.5 Å². The number of ether oxygens (including phenoxy) is 1. The molecule has 1 aromatic carbocycles. The Morgan fingerprint density at radius 1 is 1.17 bits per heavy atom. The van der Waals surface area contributed by atoms with Crippen LogP contribution < -0.4 is 21.7 Å². The van der Waals surface area contributed by atoms with E-state index in [0.29, 0.717) is 17.9 Å². The van der Waals surface area contributed by atoms with Crippen LogP contribution in [0.1, 0.15) is 35.3 Å². The first-order valence-corrected chi connectivity index (χ1v) is 11.3. The van der Waals surface area contributed by atoms with Gasteiger partial charge in [0.2, 0.25) is 5.91 Å². The molecule has 0 aliphatic heterocycles. The Morgan fingerprint density at radius 3 is 2.69 bits per heavy atom. The minimum atomic E-state index is -0.765. The number of aromatic nitrogens is 4. The van der Waals surface area contributed by atoms with Gasteiger partial charge in [-0.05, 0) is 30.9 Å². The third-order valence-electron chi connectivity index (χ3n) is 5.56. The summed E-state index contributed by atoms with van der Waals surface area (Å²) in [7, 11) is 0. The second-order valence-electron chi connectivity index (χ2n) is 8.22. The van der Waals surface area contributed by atoms with Gasteiger partial charge >= 0.3 is 6.09 Å². The molecule has 0 radical (unpaired) electrons. The highest BCUT2D eigenvalue weighted by atomic mass is 16.6. The van der Waals surface area contributed by atoms with E-state index in [1.807, 2.05) is 30.3 Å². The number of nitrogens with two attached hydrogens (primary N) is 1. The van der Waals surface area contributed by atoms with Crippen LogP contribution in [0, 0.1) is 0 Å². The van der Waals surface area contributed by atoms with Gasteiger partial charge in [-0.3, -0.25) is 9.59 Å². The number of carbonyl (C=O) groups excluding carboxylic acids is 3. The van der Waals surface area contributed by atoms with Gasteiger partial charge in [0.25, 0.3) is 5.91 Å². The van der Waals surface area contributed by atoms with E-state index >= 15 is 0 Å². The maximum Gasteiger partial charge on any atom is 0.435 e. The Bertz CT molecular complexity index is 1260. The van der Waals surface area contributed by atoms with Crippen LogP contribution in [0.3, 0.4) is 0 Å². The summed E-state index contributed by atoms with van der Waals surface area (Å²) in [6.07, 6.45) is 7.14. The van der Waals surface area contributed by atoms with Crippen LogP contribution in [0.15, 0.2) is 61.6 Å². The summed E-state index contributed by atoms with van der Waals surface area (Å²) >= 11 is 0. The lowest BCUT2D eigenvalue weighted by molar-refractivity contribution is -0.117. The molecular formula is C24H26N8O4. The van der Waals surface area contributed by atoms with E-state index in [1.165, 1.54) is 24.7 Å². The smallest absolute Gasteiger partial charge is 0.435 e. The van der Waals surface area contributed by atoms with Crippen LogP contribution in [0.4, 0.5) is 22.1 Å². The number of hydrogen-bond acceptors (Lipinski definition) is 9. The highest BCUT2D eigenvalue weighted by Crippen LogP contribution is 2.24. The zero-order valence-corrected chi connectivity index (χ0v) is 19.4. The molecule has 12 heteroatoms. The summed E-state index contributed by atoms with van der Waals surface area (Å²) in [6.45, 7) is 3.57. The van der Waals surface area contributed by atoms with Crippen molar-refractivity contribution in [1.29, 1.82) is 0 Å². The van der Waals surface area contributed by atoms with Crippen molar-refractivity contribution in [3.63, 3.8) is 0 Å². The van der Waals surface area contributed by atoms with Crippen molar-refractivity contribution >= 4 is 35.2 Å². The minimum absolute atomic E-state index is 0.0379. The first-order valence-electron chi connectivity index (χ1n) is 11.3. The summed E-state index contributed by atoms with van der Waals surface area (Å²) < 4.78 is 6.29. The molecule has 186 valence electrons. The molecule has 1 fully saturated rings. The van der Waals surface area contributed by atoms with Gasteiger partial charge in [-0.1, -0.05) is 36.9 Å². The molecule has 2 aromatic heterocycles. The fraction of sp³-hybridized carbons (Fsp3) is 0.250. The first kappa shape index (κ1) is 24.4. The standard InChI is InChI=1S/C24H26N8O4/c1-2-20(33)29-17-9-8-16(10-17)28-19-12-26-21(22(25)34)23(31-19)30-18-11-27-32(13-18)24(35)36-14-15-6-4-3-5-7-15/h2-7,11-13,16-17H,1,8-10,14H2,(H2,25,34)(H,29,33)(H2,28,30,31)/t16-,17?/m1/s1. The van der Waals surface area contributed by atoms with Gasteiger partial charge in [-0.2, -0.15) is 9.78 Å². The average molecular weight is 491 g/mol. The lowest BCUT2D eigenvalue weighted by Crippen LogP contribution is -2.32. The second kappa shape index (κ2) is 11.1. The Morgan fingerprint density at radius 2 is 1.94 bits per heavy atom. The summed E-state index contributed by atoms with van der Waals surface area (Å²) in [6, 6.07) is 9.36. The minimum Gasteiger partial charge on any atom is -0.443 e. The molecule has 5 N–H and O–H groups in total. The molecular weight excluding hydrogens is 464 g/mol. The number of carbonyl (C=O) groups is 3. The van der Waals surface area contributed by atoms with Gasteiger partial charge in [0.05, 0.1) is 24.3 Å². The highest BCUT2D eigenvalue weighted by molar-refractivity contribution is 5.96. The molecule has 3 aromatic rings. The summed E-state index contributed by atoms with van der Waals surface area (Å²) in [5.74, 6) is -0.432. The molecule has 2 amide bonds. The van der Waals surface area contributed by atoms with Crippen LogP contribution in [0.2, 0.25) is 0 Å². The van der Waals surface area contributed by atoms with Crippen LogP contribution in [-0.2, 0) is 16.1 Å². The molecule has 0 spiro atoms. The third-order valence-corrected chi connectivity index (χ3v) is 5.56. The van der Waals surface area contributed by atoms with Gasteiger partial charge in [-0.15, -0.1) is 0 Å². The SMILES string of the molecule is C=CC(=O)NC1CC[C@@H](Nc2cnc(C(N)=O)c(Nc3cnn(C(=O)OCc4ccccc4)c3)n2)C1. The largest absolute Gasteiger partial charge is 0.443 e. The molecule has 12 nitrogen and oxygen atoms in total. The van der Waals surface area contributed by atoms with Crippen molar-refractivity contribution in [3.8, 4) is 0 Å². The molecule has 1 aliphatic carbocycles. The molecule has 1 saturated carbocycles. The van der Waals surface area contributed by atoms with Gasteiger partial charge in [0.1, 0.15) is 12.4 Å². The topological polar surface area (TPSA) is 166 Å². The van der Waals surface area contributed by atoms with Crippen LogP contribution >= 0.6 is 0 Å².